The van der Waals surface area contributed by atoms with E-state index in [0.717, 1.165) is 28.0 Å². The van der Waals surface area contributed by atoms with E-state index in [4.69, 9.17) is 9.15 Å². The number of nitrogens with one attached hydrogen (secondary N) is 1. The van der Waals surface area contributed by atoms with Crippen LogP contribution in [0.4, 0.5) is 0 Å². The fourth-order valence-corrected chi connectivity index (χ4v) is 2.56. The van der Waals surface area contributed by atoms with Crippen molar-refractivity contribution in [2.45, 2.75) is 19.9 Å². The molecule has 1 amide bonds. The minimum Gasteiger partial charge on any atom is -0.494 e. The number of carbonyl (C=O) groups excluding carboxylic acids is 1. The molecule has 0 saturated carbocycles. The van der Waals surface area contributed by atoms with Crippen molar-refractivity contribution in [1.29, 1.82) is 0 Å². The van der Waals surface area contributed by atoms with Gasteiger partial charge in [-0.3, -0.25) is 4.79 Å². The summed E-state index contributed by atoms with van der Waals surface area (Å²) in [4.78, 5) is 12.1. The van der Waals surface area contributed by atoms with Crippen molar-refractivity contribution in [3.63, 3.8) is 0 Å². The third-order valence-corrected chi connectivity index (χ3v) is 3.85. The first-order valence-electron chi connectivity index (χ1n) is 8.35. The van der Waals surface area contributed by atoms with Crippen molar-refractivity contribution >= 4 is 23.0 Å². The van der Waals surface area contributed by atoms with Crippen LogP contribution in [0.1, 0.15) is 31.2 Å². The van der Waals surface area contributed by atoms with Crippen LogP contribution in [0.15, 0.2) is 65.1 Å². The predicted octanol–water partition coefficient (Wildman–Crippen LogP) is 4.72. The molecule has 4 heteroatoms. The highest BCUT2D eigenvalue weighted by Gasteiger charge is 2.12. The van der Waals surface area contributed by atoms with Crippen LogP contribution >= 0.6 is 0 Å². The Balaban J connectivity index is 1.61. The van der Waals surface area contributed by atoms with Crippen LogP contribution in [0.25, 0.3) is 17.0 Å². The molecular formula is C21H21NO3. The van der Waals surface area contributed by atoms with Crippen LogP contribution in [-0.4, -0.2) is 12.5 Å². The third-order valence-electron chi connectivity index (χ3n) is 3.85. The molecule has 25 heavy (non-hydrogen) atoms. The summed E-state index contributed by atoms with van der Waals surface area (Å²) in [6.45, 7) is 4.49. The number of amides is 1. The molecule has 0 aliphatic heterocycles. The Morgan fingerprint density at radius 3 is 2.68 bits per heavy atom. The number of para-hydroxylation sites is 1. The van der Waals surface area contributed by atoms with Gasteiger partial charge in [-0.2, -0.15) is 0 Å². The van der Waals surface area contributed by atoms with E-state index in [1.165, 1.54) is 6.08 Å². The van der Waals surface area contributed by atoms with Gasteiger partial charge < -0.3 is 14.5 Å². The van der Waals surface area contributed by atoms with Crippen LogP contribution in [0.5, 0.6) is 5.75 Å². The topological polar surface area (TPSA) is 51.5 Å². The lowest BCUT2D eigenvalue weighted by Crippen LogP contribution is -2.24. The number of hydrogen-bond acceptors (Lipinski definition) is 3. The SMILES string of the molecule is CCOc1ccc(/C=C/C(=O)N[C@@H](C)c2cc3ccccc3o2)cc1. The molecule has 1 aromatic heterocycles. The van der Waals surface area contributed by atoms with Gasteiger partial charge in [-0.25, -0.2) is 0 Å². The molecule has 2 aromatic carbocycles. The summed E-state index contributed by atoms with van der Waals surface area (Å²) >= 11 is 0. The Bertz CT molecular complexity index is 845. The fraction of sp³-hybridized carbons (Fsp3) is 0.190. The average molecular weight is 335 g/mol. The van der Waals surface area contributed by atoms with Crippen LogP contribution in [-0.2, 0) is 4.79 Å². The zero-order valence-electron chi connectivity index (χ0n) is 14.4. The summed E-state index contributed by atoms with van der Waals surface area (Å²) in [5, 5.41) is 3.95. The molecule has 0 aliphatic carbocycles. The molecular weight excluding hydrogens is 314 g/mol. The maximum Gasteiger partial charge on any atom is 0.244 e. The molecule has 0 spiro atoms. The third kappa shape index (κ3) is 4.29. The maximum absolute atomic E-state index is 12.1. The van der Waals surface area contributed by atoms with Gasteiger partial charge in [0.1, 0.15) is 17.1 Å². The van der Waals surface area contributed by atoms with Crippen molar-refractivity contribution in [3.8, 4) is 5.75 Å². The molecule has 1 heterocycles. The van der Waals surface area contributed by atoms with E-state index in [1.807, 2.05) is 68.4 Å². The van der Waals surface area contributed by atoms with E-state index in [1.54, 1.807) is 6.08 Å². The first kappa shape index (κ1) is 16.8. The minimum atomic E-state index is -0.204. The van der Waals surface area contributed by atoms with Gasteiger partial charge >= 0.3 is 0 Å². The fourth-order valence-electron chi connectivity index (χ4n) is 2.56. The summed E-state index contributed by atoms with van der Waals surface area (Å²) in [5.41, 5.74) is 1.76. The van der Waals surface area contributed by atoms with E-state index < -0.39 is 0 Å². The lowest BCUT2D eigenvalue weighted by molar-refractivity contribution is -0.117. The molecule has 0 radical (unpaired) electrons. The van der Waals surface area contributed by atoms with Crippen molar-refractivity contribution < 1.29 is 13.9 Å². The molecule has 1 N–H and O–H groups in total. The standard InChI is InChI=1S/C21H21NO3/c1-3-24-18-11-8-16(9-12-18)10-13-21(23)22-15(2)20-14-17-6-4-5-7-19(17)25-20/h4-15H,3H2,1-2H3,(H,22,23)/b13-10+/t15-/m0/s1. The molecule has 0 fully saturated rings. The summed E-state index contributed by atoms with van der Waals surface area (Å²) in [5.74, 6) is 1.40. The van der Waals surface area contributed by atoms with Crippen LogP contribution in [0, 0.1) is 0 Å². The van der Waals surface area contributed by atoms with Gasteiger partial charge in [0.15, 0.2) is 0 Å². The van der Waals surface area contributed by atoms with Gasteiger partial charge in [0.2, 0.25) is 5.91 Å². The lowest BCUT2D eigenvalue weighted by atomic mass is 10.2. The molecule has 128 valence electrons. The Labute approximate surface area is 147 Å². The Kier molecular flexibility index (Phi) is 5.19. The first-order valence-corrected chi connectivity index (χ1v) is 8.35. The van der Waals surface area contributed by atoms with Crippen molar-refractivity contribution in [2.24, 2.45) is 0 Å². The zero-order valence-corrected chi connectivity index (χ0v) is 14.4. The smallest absolute Gasteiger partial charge is 0.244 e. The highest BCUT2D eigenvalue weighted by Crippen LogP contribution is 2.23. The van der Waals surface area contributed by atoms with Gasteiger partial charge in [0.05, 0.1) is 12.6 Å². The number of benzene rings is 2. The molecule has 0 bridgehead atoms. The second-order valence-corrected chi connectivity index (χ2v) is 5.75. The molecule has 0 unspecified atom stereocenters. The molecule has 4 nitrogen and oxygen atoms in total. The molecule has 1 atom stereocenters. The highest BCUT2D eigenvalue weighted by molar-refractivity contribution is 5.92. The zero-order chi connectivity index (χ0) is 17.6. The summed E-state index contributed by atoms with van der Waals surface area (Å²) in [6.07, 6.45) is 3.30. The first-order chi connectivity index (χ1) is 12.2. The Morgan fingerprint density at radius 2 is 1.96 bits per heavy atom. The average Bonchev–Trinajstić information content (AvgIpc) is 3.06. The second-order valence-electron chi connectivity index (χ2n) is 5.75. The molecule has 3 rings (SSSR count). The predicted molar refractivity (Wildman–Crippen MR) is 99.4 cm³/mol. The second kappa shape index (κ2) is 7.71. The number of furan rings is 1. The normalized spacial score (nSPS) is 12.4. The summed E-state index contributed by atoms with van der Waals surface area (Å²) < 4.78 is 11.2. The maximum atomic E-state index is 12.1. The summed E-state index contributed by atoms with van der Waals surface area (Å²) in [6, 6.07) is 17.1. The Morgan fingerprint density at radius 1 is 1.20 bits per heavy atom. The highest BCUT2D eigenvalue weighted by atomic mass is 16.5. The minimum absolute atomic E-state index is 0.165. The van der Waals surface area contributed by atoms with Gasteiger partial charge in [0, 0.05) is 11.5 Å². The Hall–Kier alpha value is -3.01. The van der Waals surface area contributed by atoms with Gasteiger partial charge in [-0.15, -0.1) is 0 Å². The van der Waals surface area contributed by atoms with E-state index in [-0.39, 0.29) is 11.9 Å². The number of carbonyl (C=O) groups is 1. The molecule has 0 aliphatic rings. The quantitative estimate of drug-likeness (QED) is 0.663. The number of ether oxygens (including phenoxy) is 1. The lowest BCUT2D eigenvalue weighted by Gasteiger charge is -2.09. The largest absolute Gasteiger partial charge is 0.494 e. The van der Waals surface area contributed by atoms with Gasteiger partial charge in [0.25, 0.3) is 0 Å². The number of rotatable bonds is 6. The number of fused-ring (bicyclic) bond motifs is 1. The van der Waals surface area contributed by atoms with Crippen molar-refractivity contribution in [1.82, 2.24) is 5.32 Å². The van der Waals surface area contributed by atoms with Crippen LogP contribution in [0.2, 0.25) is 0 Å². The van der Waals surface area contributed by atoms with Gasteiger partial charge in [-0.1, -0.05) is 30.3 Å². The molecule has 3 aromatic rings. The van der Waals surface area contributed by atoms with E-state index in [0.29, 0.717) is 6.61 Å². The monoisotopic (exact) mass is 335 g/mol. The van der Waals surface area contributed by atoms with Crippen LogP contribution < -0.4 is 10.1 Å². The van der Waals surface area contributed by atoms with Crippen LogP contribution in [0.3, 0.4) is 0 Å². The van der Waals surface area contributed by atoms with E-state index in [2.05, 4.69) is 5.32 Å². The van der Waals surface area contributed by atoms with Crippen molar-refractivity contribution in [2.75, 3.05) is 6.61 Å². The van der Waals surface area contributed by atoms with E-state index >= 15 is 0 Å². The number of hydrogen-bond donors (Lipinski definition) is 1. The van der Waals surface area contributed by atoms with Gasteiger partial charge in [-0.05, 0) is 49.8 Å². The van der Waals surface area contributed by atoms with Crippen molar-refractivity contribution in [3.05, 3.63) is 72.0 Å². The van der Waals surface area contributed by atoms with E-state index in [9.17, 15) is 4.79 Å². The molecule has 0 saturated heterocycles. The summed E-state index contributed by atoms with van der Waals surface area (Å²) in [7, 11) is 0.